The molecule has 0 heterocycles. The molecule has 0 amide bonds. The van der Waals surface area contributed by atoms with Gasteiger partial charge in [0, 0.05) is 0 Å². The molecule has 0 bridgehead atoms. The normalized spacial score (nSPS) is 13.2. The van der Waals surface area contributed by atoms with Gasteiger partial charge < -0.3 is 9.47 Å². The quantitative estimate of drug-likeness (QED) is 0.738. The summed E-state index contributed by atoms with van der Waals surface area (Å²) in [6.07, 6.45) is 0.0973. The lowest BCUT2D eigenvalue weighted by Crippen LogP contribution is -2.29. The second kappa shape index (κ2) is 7.64. The molecule has 2 aromatic rings. The van der Waals surface area contributed by atoms with Crippen LogP contribution in [-0.2, 0) is 9.53 Å². The van der Waals surface area contributed by atoms with Gasteiger partial charge in [-0.1, -0.05) is 49.4 Å². The zero-order chi connectivity index (χ0) is 15.9. The summed E-state index contributed by atoms with van der Waals surface area (Å²) in [4.78, 5) is 11.9. The van der Waals surface area contributed by atoms with Crippen molar-refractivity contribution in [1.82, 2.24) is 0 Å². The first kappa shape index (κ1) is 16.1. The second-order valence-corrected chi connectivity index (χ2v) is 5.31. The number of rotatable bonds is 6. The Kier molecular flexibility index (Phi) is 5.59. The van der Waals surface area contributed by atoms with Crippen LogP contribution in [0.15, 0.2) is 54.6 Å². The topological polar surface area (TPSA) is 35.5 Å². The van der Waals surface area contributed by atoms with Gasteiger partial charge in [0.25, 0.3) is 0 Å². The van der Waals surface area contributed by atoms with E-state index in [0.29, 0.717) is 5.75 Å². The van der Waals surface area contributed by atoms with Crippen LogP contribution in [0.4, 0.5) is 0 Å². The molecule has 0 radical (unpaired) electrons. The van der Waals surface area contributed by atoms with Gasteiger partial charge in [-0.05, 0) is 43.5 Å². The Morgan fingerprint density at radius 2 is 1.55 bits per heavy atom. The number of esters is 1. The van der Waals surface area contributed by atoms with Crippen molar-refractivity contribution >= 4 is 5.97 Å². The molecular formula is C19H22O3. The minimum Gasteiger partial charge on any atom is -0.479 e. The SMILES string of the molecule is CC[C@H](C)OC(=O)[C@H](C)Oc1ccc(-c2ccccc2)cc1. The van der Waals surface area contributed by atoms with E-state index in [-0.39, 0.29) is 12.1 Å². The highest BCUT2D eigenvalue weighted by Crippen LogP contribution is 2.22. The Labute approximate surface area is 131 Å². The molecule has 3 nitrogen and oxygen atoms in total. The molecule has 0 N–H and O–H groups in total. The molecule has 0 spiro atoms. The summed E-state index contributed by atoms with van der Waals surface area (Å²) in [5.74, 6) is 0.328. The van der Waals surface area contributed by atoms with Crippen LogP contribution in [0.3, 0.4) is 0 Å². The molecule has 0 aromatic heterocycles. The summed E-state index contributed by atoms with van der Waals surface area (Å²) in [7, 11) is 0. The number of carbonyl (C=O) groups excluding carboxylic acids is 1. The van der Waals surface area contributed by atoms with Crippen LogP contribution >= 0.6 is 0 Å². The van der Waals surface area contributed by atoms with Crippen molar-refractivity contribution in [2.24, 2.45) is 0 Å². The van der Waals surface area contributed by atoms with E-state index in [1.165, 1.54) is 0 Å². The van der Waals surface area contributed by atoms with Gasteiger partial charge in [0.1, 0.15) is 5.75 Å². The monoisotopic (exact) mass is 298 g/mol. The largest absolute Gasteiger partial charge is 0.479 e. The van der Waals surface area contributed by atoms with Crippen molar-refractivity contribution in [3.63, 3.8) is 0 Å². The zero-order valence-corrected chi connectivity index (χ0v) is 13.3. The lowest BCUT2D eigenvalue weighted by Gasteiger charge is -2.17. The summed E-state index contributed by atoms with van der Waals surface area (Å²) >= 11 is 0. The van der Waals surface area contributed by atoms with Crippen molar-refractivity contribution in [2.75, 3.05) is 0 Å². The third-order valence-electron chi connectivity index (χ3n) is 3.50. The Morgan fingerprint density at radius 3 is 2.14 bits per heavy atom. The Balaban J connectivity index is 1.98. The molecule has 0 saturated carbocycles. The molecule has 2 aromatic carbocycles. The number of carbonyl (C=O) groups is 1. The van der Waals surface area contributed by atoms with E-state index in [0.717, 1.165) is 17.5 Å². The molecule has 0 unspecified atom stereocenters. The van der Waals surface area contributed by atoms with Crippen molar-refractivity contribution < 1.29 is 14.3 Å². The fourth-order valence-corrected chi connectivity index (χ4v) is 1.99. The second-order valence-electron chi connectivity index (χ2n) is 5.31. The maximum absolute atomic E-state index is 11.9. The van der Waals surface area contributed by atoms with Gasteiger partial charge in [0.2, 0.25) is 0 Å². The first-order valence-electron chi connectivity index (χ1n) is 7.62. The number of hydrogen-bond donors (Lipinski definition) is 0. The van der Waals surface area contributed by atoms with Gasteiger partial charge >= 0.3 is 5.97 Å². The molecule has 3 heteroatoms. The lowest BCUT2D eigenvalue weighted by molar-refractivity contribution is -0.155. The van der Waals surface area contributed by atoms with E-state index >= 15 is 0 Å². The minimum absolute atomic E-state index is 0.0843. The molecule has 0 fully saturated rings. The lowest BCUT2D eigenvalue weighted by atomic mass is 10.1. The summed E-state index contributed by atoms with van der Waals surface area (Å²) < 4.78 is 10.9. The average Bonchev–Trinajstić information content (AvgIpc) is 2.56. The minimum atomic E-state index is -0.614. The fourth-order valence-electron chi connectivity index (χ4n) is 1.99. The summed E-state index contributed by atoms with van der Waals surface area (Å²) in [6.45, 7) is 5.56. The fraction of sp³-hybridized carbons (Fsp3) is 0.316. The molecular weight excluding hydrogens is 276 g/mol. The van der Waals surface area contributed by atoms with Crippen LogP contribution in [-0.4, -0.2) is 18.2 Å². The highest BCUT2D eigenvalue weighted by atomic mass is 16.6. The first-order chi connectivity index (χ1) is 10.6. The summed E-state index contributed by atoms with van der Waals surface area (Å²) in [5, 5.41) is 0. The third-order valence-corrected chi connectivity index (χ3v) is 3.50. The first-order valence-corrected chi connectivity index (χ1v) is 7.62. The third kappa shape index (κ3) is 4.35. The number of ether oxygens (including phenoxy) is 2. The van der Waals surface area contributed by atoms with E-state index in [2.05, 4.69) is 12.1 Å². The van der Waals surface area contributed by atoms with Crippen molar-refractivity contribution in [3.05, 3.63) is 54.6 Å². The maximum Gasteiger partial charge on any atom is 0.347 e. The van der Waals surface area contributed by atoms with Crippen molar-refractivity contribution in [3.8, 4) is 16.9 Å². The van der Waals surface area contributed by atoms with Gasteiger partial charge in [0.05, 0.1) is 6.10 Å². The summed E-state index contributed by atoms with van der Waals surface area (Å²) in [6, 6.07) is 17.8. The summed E-state index contributed by atoms with van der Waals surface area (Å²) in [5.41, 5.74) is 2.26. The van der Waals surface area contributed by atoms with Crippen LogP contribution in [0.25, 0.3) is 11.1 Å². The predicted octanol–water partition coefficient (Wildman–Crippen LogP) is 4.46. The van der Waals surface area contributed by atoms with Crippen LogP contribution in [0.2, 0.25) is 0 Å². The van der Waals surface area contributed by atoms with Gasteiger partial charge in [-0.25, -0.2) is 4.79 Å². The van der Waals surface area contributed by atoms with Crippen LogP contribution < -0.4 is 4.74 Å². The van der Waals surface area contributed by atoms with E-state index in [9.17, 15) is 4.79 Å². The molecule has 2 rings (SSSR count). The van der Waals surface area contributed by atoms with Crippen molar-refractivity contribution in [2.45, 2.75) is 39.4 Å². The standard InChI is InChI=1S/C19H22O3/c1-4-14(2)21-19(20)15(3)22-18-12-10-17(11-13-18)16-8-6-5-7-9-16/h5-15H,4H2,1-3H3/t14-,15-/m0/s1. The highest BCUT2D eigenvalue weighted by Gasteiger charge is 2.18. The van der Waals surface area contributed by atoms with Gasteiger partial charge in [-0.3, -0.25) is 0 Å². The van der Waals surface area contributed by atoms with E-state index in [1.807, 2.05) is 56.3 Å². The highest BCUT2D eigenvalue weighted by molar-refractivity contribution is 5.75. The molecule has 0 aliphatic heterocycles. The van der Waals surface area contributed by atoms with E-state index in [1.54, 1.807) is 6.92 Å². The Morgan fingerprint density at radius 1 is 0.955 bits per heavy atom. The van der Waals surface area contributed by atoms with Gasteiger partial charge in [-0.2, -0.15) is 0 Å². The molecule has 116 valence electrons. The Bertz CT molecular complexity index is 590. The van der Waals surface area contributed by atoms with E-state index < -0.39 is 6.10 Å². The van der Waals surface area contributed by atoms with Gasteiger partial charge in [0.15, 0.2) is 6.10 Å². The Hall–Kier alpha value is -2.29. The van der Waals surface area contributed by atoms with Crippen LogP contribution in [0, 0.1) is 0 Å². The van der Waals surface area contributed by atoms with Gasteiger partial charge in [-0.15, -0.1) is 0 Å². The number of benzene rings is 2. The number of hydrogen-bond acceptors (Lipinski definition) is 3. The molecule has 0 aliphatic carbocycles. The van der Waals surface area contributed by atoms with Crippen molar-refractivity contribution in [1.29, 1.82) is 0 Å². The molecule has 0 aliphatic rings. The average molecular weight is 298 g/mol. The molecule has 22 heavy (non-hydrogen) atoms. The van der Waals surface area contributed by atoms with Crippen LogP contribution in [0.1, 0.15) is 27.2 Å². The predicted molar refractivity (Wildman–Crippen MR) is 87.8 cm³/mol. The smallest absolute Gasteiger partial charge is 0.347 e. The van der Waals surface area contributed by atoms with Crippen LogP contribution in [0.5, 0.6) is 5.75 Å². The molecule has 0 saturated heterocycles. The maximum atomic E-state index is 11.9. The zero-order valence-electron chi connectivity index (χ0n) is 13.3. The van der Waals surface area contributed by atoms with E-state index in [4.69, 9.17) is 9.47 Å². The molecule has 2 atom stereocenters.